The second-order valence-corrected chi connectivity index (χ2v) is 5.92. The van der Waals surface area contributed by atoms with Gasteiger partial charge in [-0.2, -0.15) is 0 Å². The van der Waals surface area contributed by atoms with E-state index in [1.54, 1.807) is 4.57 Å². The Bertz CT molecular complexity index is 860. The first kappa shape index (κ1) is 14.8. The number of hydrogen-bond donors (Lipinski definition) is 2. The van der Waals surface area contributed by atoms with Crippen molar-refractivity contribution in [3.8, 4) is 0 Å². The van der Waals surface area contributed by atoms with Gasteiger partial charge in [0.15, 0.2) is 0 Å². The Labute approximate surface area is 129 Å². The lowest BCUT2D eigenvalue weighted by Gasteiger charge is -2.12. The predicted octanol–water partition coefficient (Wildman–Crippen LogP) is 1.55. The molecule has 0 aliphatic heterocycles. The van der Waals surface area contributed by atoms with E-state index in [0.717, 1.165) is 34.6 Å². The van der Waals surface area contributed by atoms with E-state index in [9.17, 15) is 4.79 Å². The number of rotatable bonds is 5. The van der Waals surface area contributed by atoms with Crippen molar-refractivity contribution < 1.29 is 0 Å². The number of fused-ring (bicyclic) bond motifs is 3. The SMILES string of the molecule is CN(C)CCn1ccc2c(ccc3[nH]cc(CCN)c32)c1=O. The van der Waals surface area contributed by atoms with Crippen LogP contribution in [0.2, 0.25) is 0 Å². The van der Waals surface area contributed by atoms with E-state index in [4.69, 9.17) is 5.73 Å². The smallest absolute Gasteiger partial charge is 0.258 e. The van der Waals surface area contributed by atoms with Gasteiger partial charge in [0.05, 0.1) is 0 Å². The van der Waals surface area contributed by atoms with Gasteiger partial charge in [-0.05, 0) is 56.2 Å². The Hall–Kier alpha value is -2.11. The molecular formula is C17H22N4O. The molecule has 0 spiro atoms. The van der Waals surface area contributed by atoms with E-state index < -0.39 is 0 Å². The molecule has 3 rings (SSSR count). The van der Waals surface area contributed by atoms with E-state index in [1.165, 1.54) is 5.56 Å². The number of likely N-dealkylation sites (N-methyl/N-ethyl adjacent to an activating group) is 1. The Balaban J connectivity index is 2.17. The minimum absolute atomic E-state index is 0.0705. The zero-order valence-electron chi connectivity index (χ0n) is 13.1. The Morgan fingerprint density at radius 1 is 1.23 bits per heavy atom. The van der Waals surface area contributed by atoms with E-state index >= 15 is 0 Å². The van der Waals surface area contributed by atoms with Crippen LogP contribution in [0.4, 0.5) is 0 Å². The van der Waals surface area contributed by atoms with Crippen molar-refractivity contribution in [3.63, 3.8) is 0 Å². The van der Waals surface area contributed by atoms with Crippen LogP contribution in [0.3, 0.4) is 0 Å². The molecule has 2 heterocycles. The molecule has 5 nitrogen and oxygen atoms in total. The summed E-state index contributed by atoms with van der Waals surface area (Å²) in [5.74, 6) is 0. The molecule has 0 atom stereocenters. The van der Waals surface area contributed by atoms with Gasteiger partial charge in [-0.1, -0.05) is 0 Å². The summed E-state index contributed by atoms with van der Waals surface area (Å²) in [5.41, 5.74) is 7.99. The second kappa shape index (κ2) is 5.94. The Morgan fingerprint density at radius 3 is 2.77 bits per heavy atom. The number of pyridine rings is 1. The van der Waals surface area contributed by atoms with E-state index in [2.05, 4.69) is 9.88 Å². The Kier molecular flexibility index (Phi) is 4.00. The quantitative estimate of drug-likeness (QED) is 0.751. The van der Waals surface area contributed by atoms with Crippen LogP contribution in [0.1, 0.15) is 5.56 Å². The topological polar surface area (TPSA) is 67.1 Å². The summed E-state index contributed by atoms with van der Waals surface area (Å²) in [7, 11) is 4.02. The first-order valence-electron chi connectivity index (χ1n) is 7.58. The second-order valence-electron chi connectivity index (χ2n) is 5.92. The third kappa shape index (κ3) is 2.53. The maximum atomic E-state index is 12.7. The van der Waals surface area contributed by atoms with Gasteiger partial charge in [0, 0.05) is 41.8 Å². The number of nitrogens with zero attached hydrogens (tertiary/aromatic N) is 2. The largest absolute Gasteiger partial charge is 0.361 e. The molecule has 1 aromatic carbocycles. The van der Waals surface area contributed by atoms with Crippen LogP contribution in [0.5, 0.6) is 0 Å². The number of H-pyrrole nitrogens is 1. The molecule has 0 bridgehead atoms. The highest BCUT2D eigenvalue weighted by atomic mass is 16.1. The molecule has 3 N–H and O–H groups in total. The zero-order valence-corrected chi connectivity index (χ0v) is 13.1. The molecule has 0 aliphatic rings. The fourth-order valence-corrected chi connectivity index (χ4v) is 2.91. The van der Waals surface area contributed by atoms with Gasteiger partial charge in [0.2, 0.25) is 0 Å². The lowest BCUT2D eigenvalue weighted by molar-refractivity contribution is 0.381. The van der Waals surface area contributed by atoms with Crippen LogP contribution in [-0.2, 0) is 13.0 Å². The summed E-state index contributed by atoms with van der Waals surface area (Å²) in [5, 5.41) is 2.90. The van der Waals surface area contributed by atoms with Crippen molar-refractivity contribution in [3.05, 3.63) is 46.5 Å². The molecule has 2 aromatic heterocycles. The van der Waals surface area contributed by atoms with E-state index in [0.29, 0.717) is 13.1 Å². The molecule has 0 amide bonds. The van der Waals surface area contributed by atoms with Gasteiger partial charge in [0.25, 0.3) is 5.56 Å². The van der Waals surface area contributed by atoms with Crippen LogP contribution < -0.4 is 11.3 Å². The maximum absolute atomic E-state index is 12.7. The van der Waals surface area contributed by atoms with Crippen molar-refractivity contribution in [2.45, 2.75) is 13.0 Å². The molecule has 0 aliphatic carbocycles. The summed E-state index contributed by atoms with van der Waals surface area (Å²) >= 11 is 0. The molecule has 0 radical (unpaired) electrons. The summed E-state index contributed by atoms with van der Waals surface area (Å²) in [6.45, 7) is 2.14. The van der Waals surface area contributed by atoms with Gasteiger partial charge in [0.1, 0.15) is 0 Å². The normalized spacial score (nSPS) is 11.8. The minimum atomic E-state index is 0.0705. The third-order valence-electron chi connectivity index (χ3n) is 4.08. The van der Waals surface area contributed by atoms with Gasteiger partial charge in [-0.3, -0.25) is 4.79 Å². The zero-order chi connectivity index (χ0) is 15.7. The monoisotopic (exact) mass is 298 g/mol. The standard InChI is InChI=1S/C17H22N4O/c1-20(2)9-10-21-8-6-13-14(17(21)22)3-4-15-16(13)12(5-7-18)11-19-15/h3-4,6,8,11,19H,5,7,9-10,18H2,1-2H3. The third-order valence-corrected chi connectivity index (χ3v) is 4.08. The fourth-order valence-electron chi connectivity index (χ4n) is 2.91. The maximum Gasteiger partial charge on any atom is 0.258 e. The Morgan fingerprint density at radius 2 is 2.05 bits per heavy atom. The summed E-state index contributed by atoms with van der Waals surface area (Å²) < 4.78 is 1.78. The summed E-state index contributed by atoms with van der Waals surface area (Å²) in [6, 6.07) is 5.94. The average Bonchev–Trinajstić information content (AvgIpc) is 2.90. The van der Waals surface area contributed by atoms with Crippen molar-refractivity contribution in [2.24, 2.45) is 5.73 Å². The van der Waals surface area contributed by atoms with Crippen LogP contribution >= 0.6 is 0 Å². The van der Waals surface area contributed by atoms with E-state index in [1.807, 2.05) is 44.7 Å². The molecular weight excluding hydrogens is 276 g/mol. The van der Waals surface area contributed by atoms with Gasteiger partial charge in [-0.25, -0.2) is 0 Å². The van der Waals surface area contributed by atoms with Crippen molar-refractivity contribution in [1.82, 2.24) is 14.5 Å². The van der Waals surface area contributed by atoms with Crippen LogP contribution in [-0.4, -0.2) is 41.6 Å². The average molecular weight is 298 g/mol. The van der Waals surface area contributed by atoms with Crippen molar-refractivity contribution >= 4 is 21.7 Å². The molecule has 0 saturated carbocycles. The molecule has 0 fully saturated rings. The van der Waals surface area contributed by atoms with Gasteiger partial charge < -0.3 is 20.2 Å². The van der Waals surface area contributed by atoms with Crippen molar-refractivity contribution in [2.75, 3.05) is 27.2 Å². The number of aromatic nitrogens is 2. The number of nitrogens with two attached hydrogens (primary N) is 1. The molecule has 22 heavy (non-hydrogen) atoms. The molecule has 0 saturated heterocycles. The van der Waals surface area contributed by atoms with Crippen LogP contribution in [0, 0.1) is 0 Å². The first-order valence-corrected chi connectivity index (χ1v) is 7.58. The highest BCUT2D eigenvalue weighted by Crippen LogP contribution is 2.26. The lowest BCUT2D eigenvalue weighted by atomic mass is 10.0. The number of benzene rings is 1. The van der Waals surface area contributed by atoms with Crippen LogP contribution in [0.25, 0.3) is 21.7 Å². The minimum Gasteiger partial charge on any atom is -0.361 e. The van der Waals surface area contributed by atoms with E-state index in [-0.39, 0.29) is 5.56 Å². The van der Waals surface area contributed by atoms with Crippen molar-refractivity contribution in [1.29, 1.82) is 0 Å². The molecule has 5 heteroatoms. The van der Waals surface area contributed by atoms with Crippen LogP contribution in [0.15, 0.2) is 35.4 Å². The molecule has 0 unspecified atom stereocenters. The van der Waals surface area contributed by atoms with Gasteiger partial charge >= 0.3 is 0 Å². The predicted molar refractivity (Wildman–Crippen MR) is 91.4 cm³/mol. The lowest BCUT2D eigenvalue weighted by Crippen LogP contribution is -2.26. The molecule has 3 aromatic rings. The number of aromatic amines is 1. The summed E-state index contributed by atoms with van der Waals surface area (Å²) in [6.07, 6.45) is 4.70. The molecule has 116 valence electrons. The fraction of sp³-hybridized carbons (Fsp3) is 0.353. The highest BCUT2D eigenvalue weighted by Gasteiger charge is 2.10. The van der Waals surface area contributed by atoms with Gasteiger partial charge in [-0.15, -0.1) is 0 Å². The number of hydrogen-bond acceptors (Lipinski definition) is 3. The number of nitrogens with one attached hydrogen (secondary N) is 1. The first-order chi connectivity index (χ1) is 10.6. The summed E-state index contributed by atoms with van der Waals surface area (Å²) in [4.78, 5) is 18.0. The highest BCUT2D eigenvalue weighted by molar-refractivity contribution is 6.07.